The van der Waals surface area contributed by atoms with Crippen molar-refractivity contribution < 1.29 is 163 Å². The van der Waals surface area contributed by atoms with Crippen LogP contribution >= 0.6 is 0 Å². The summed E-state index contributed by atoms with van der Waals surface area (Å²) >= 11 is 0. The maximum atomic E-state index is 11.1. The summed E-state index contributed by atoms with van der Waals surface area (Å²) < 4.78 is 8.58. The Kier molecular flexibility index (Phi) is 33.3. The van der Waals surface area contributed by atoms with Gasteiger partial charge < -0.3 is 31.1 Å². The maximum Gasteiger partial charge on any atom is 1.00 e. The van der Waals surface area contributed by atoms with Crippen LogP contribution in [-0.4, -0.2) is 53.3 Å². The van der Waals surface area contributed by atoms with E-state index in [0.29, 0.717) is 0 Å². The van der Waals surface area contributed by atoms with Gasteiger partial charge in [-0.25, -0.2) is 9.59 Å². The van der Waals surface area contributed by atoms with E-state index in [1.54, 1.807) is 0 Å². The number of carboxylic acids is 2. The number of carboxylic acid groups (broad SMARTS) is 2. The summed E-state index contributed by atoms with van der Waals surface area (Å²) in [5, 5.41) is 16.5. The van der Waals surface area contributed by atoms with Crippen LogP contribution in [0.4, 0.5) is 0 Å². The molecule has 0 spiro atoms. The first kappa shape index (κ1) is 35.0. The largest absolute Gasteiger partial charge is 1.00 e. The van der Waals surface area contributed by atoms with E-state index in [1.807, 2.05) is 0 Å². The SMILES string of the molecule is N[C@@H](CCC(=O)OCC(=O)O)C(=O)OCC(=O)O.[H-].[H-].[H-].[H-].[Na+].[Na+].[Na+].[Na+]. The van der Waals surface area contributed by atoms with E-state index in [2.05, 4.69) is 9.47 Å². The third kappa shape index (κ3) is 21.8. The Labute approximate surface area is 221 Å². The molecule has 0 aromatic rings. The number of aliphatic carboxylic acids is 2. The molecule has 0 saturated carbocycles. The van der Waals surface area contributed by atoms with Crippen LogP contribution in [0.15, 0.2) is 0 Å². The summed E-state index contributed by atoms with van der Waals surface area (Å²) in [6, 6.07) is -1.17. The number of carbonyl (C=O) groups excluding carboxylic acids is 2. The second-order valence-corrected chi connectivity index (χ2v) is 3.20. The van der Waals surface area contributed by atoms with E-state index in [0.717, 1.165) is 0 Å². The quantitative estimate of drug-likeness (QED) is 0.283. The van der Waals surface area contributed by atoms with Crippen molar-refractivity contribution in [3.05, 3.63) is 0 Å². The average molecular weight is 359 g/mol. The fourth-order valence-electron chi connectivity index (χ4n) is 0.846. The van der Waals surface area contributed by atoms with Crippen LogP contribution < -0.4 is 124 Å². The Balaban J connectivity index is -0.0000000516. The van der Waals surface area contributed by atoms with Crippen molar-refractivity contribution in [1.82, 2.24) is 0 Å². The first-order chi connectivity index (χ1) is 8.32. The van der Waals surface area contributed by atoms with Crippen LogP contribution in [0.5, 0.6) is 0 Å². The standard InChI is InChI=1S/C9H13NO8.4Na.4H/c10-5(9(16)18-4-7(13)14)1-2-8(15)17-3-6(11)12;;;;;;;;/h5H,1-4,10H2,(H,11,12)(H,13,14);;;;;;;;/q;4*+1;4*-1/t5-;;;;;;;;/m0......../s1. The number of nitrogens with two attached hydrogens (primary N) is 1. The first-order valence-corrected chi connectivity index (χ1v) is 4.84. The molecule has 0 radical (unpaired) electrons. The number of hydrogen-bond acceptors (Lipinski definition) is 7. The number of carbonyl (C=O) groups is 4. The molecule has 0 fully saturated rings. The molecular formula is C9H17NNa4O8. The molecule has 0 amide bonds. The Hall–Kier alpha value is 1.84. The minimum Gasteiger partial charge on any atom is -1.00 e. The minimum atomic E-state index is -1.32. The first-order valence-electron chi connectivity index (χ1n) is 4.84. The average Bonchev–Trinajstić information content (AvgIpc) is 2.30. The molecule has 0 aromatic heterocycles. The predicted molar refractivity (Wildman–Crippen MR) is 58.8 cm³/mol. The molecule has 0 aliphatic carbocycles. The van der Waals surface area contributed by atoms with Gasteiger partial charge in [0.05, 0.1) is 0 Å². The zero-order valence-corrected chi connectivity index (χ0v) is 21.3. The van der Waals surface area contributed by atoms with Crippen LogP contribution in [0.3, 0.4) is 0 Å². The van der Waals surface area contributed by atoms with E-state index < -0.39 is 43.1 Å². The molecule has 0 aromatic carbocycles. The van der Waals surface area contributed by atoms with Crippen molar-refractivity contribution >= 4 is 23.9 Å². The number of esters is 2. The van der Waals surface area contributed by atoms with Crippen LogP contribution in [0.25, 0.3) is 0 Å². The zero-order chi connectivity index (χ0) is 14.1. The summed E-state index contributed by atoms with van der Waals surface area (Å²) in [5.74, 6) is -4.40. The number of ether oxygens (including phenoxy) is 2. The van der Waals surface area contributed by atoms with Gasteiger partial charge in [0.1, 0.15) is 6.04 Å². The van der Waals surface area contributed by atoms with E-state index in [1.165, 1.54) is 0 Å². The van der Waals surface area contributed by atoms with Gasteiger partial charge in [0.2, 0.25) is 0 Å². The summed E-state index contributed by atoms with van der Waals surface area (Å²) in [7, 11) is 0. The van der Waals surface area contributed by atoms with Crippen LogP contribution in [0.2, 0.25) is 0 Å². The molecule has 13 heteroatoms. The fourth-order valence-corrected chi connectivity index (χ4v) is 0.846. The second-order valence-electron chi connectivity index (χ2n) is 3.20. The molecule has 0 saturated heterocycles. The molecule has 1 atom stereocenters. The molecule has 0 rings (SSSR count). The van der Waals surface area contributed by atoms with Crippen molar-refractivity contribution in [3.63, 3.8) is 0 Å². The van der Waals surface area contributed by atoms with E-state index >= 15 is 0 Å². The van der Waals surface area contributed by atoms with Gasteiger partial charge in [0.25, 0.3) is 0 Å². The van der Waals surface area contributed by atoms with Gasteiger partial charge in [-0.1, -0.05) is 0 Å². The molecule has 9 nitrogen and oxygen atoms in total. The Morgan fingerprint density at radius 1 is 0.909 bits per heavy atom. The van der Waals surface area contributed by atoms with Gasteiger partial charge in [0, 0.05) is 6.42 Å². The molecular weight excluding hydrogens is 342 g/mol. The zero-order valence-electron chi connectivity index (χ0n) is 17.3. The second kappa shape index (κ2) is 20.9. The van der Waals surface area contributed by atoms with E-state index in [4.69, 9.17) is 15.9 Å². The smallest absolute Gasteiger partial charge is 1.00 e. The molecule has 0 aliphatic rings. The Bertz CT molecular complexity index is 371. The molecule has 4 N–H and O–H groups in total. The van der Waals surface area contributed by atoms with Gasteiger partial charge in [-0.3, -0.25) is 9.59 Å². The Morgan fingerprint density at radius 2 is 1.32 bits per heavy atom. The van der Waals surface area contributed by atoms with Crippen molar-refractivity contribution in [2.45, 2.75) is 18.9 Å². The van der Waals surface area contributed by atoms with Gasteiger partial charge >= 0.3 is 142 Å². The molecule has 0 bridgehead atoms. The Morgan fingerprint density at radius 3 is 1.73 bits per heavy atom. The van der Waals surface area contributed by atoms with Crippen molar-refractivity contribution in [3.8, 4) is 0 Å². The third-order valence-corrected chi connectivity index (χ3v) is 1.66. The van der Waals surface area contributed by atoms with Gasteiger partial charge in [-0.2, -0.15) is 0 Å². The van der Waals surface area contributed by atoms with E-state index in [9.17, 15) is 19.2 Å². The summed E-state index contributed by atoms with van der Waals surface area (Å²) in [6.45, 7) is -1.58. The number of hydrogen-bond donors (Lipinski definition) is 3. The monoisotopic (exact) mass is 359 g/mol. The van der Waals surface area contributed by atoms with Gasteiger partial charge in [-0.05, 0) is 6.42 Å². The van der Waals surface area contributed by atoms with Gasteiger partial charge in [-0.15, -0.1) is 0 Å². The molecule has 22 heavy (non-hydrogen) atoms. The normalized spacial score (nSPS) is 9.32. The molecule has 0 unspecified atom stereocenters. The summed E-state index contributed by atoms with van der Waals surface area (Å²) in [6.07, 6.45) is -0.395. The maximum absolute atomic E-state index is 11.1. The predicted octanol–water partition coefficient (Wildman–Crippen LogP) is -13.2. The van der Waals surface area contributed by atoms with E-state index in [-0.39, 0.29) is 137 Å². The van der Waals surface area contributed by atoms with Crippen molar-refractivity contribution in [1.29, 1.82) is 0 Å². The topological polar surface area (TPSA) is 153 Å². The molecule has 0 aliphatic heterocycles. The van der Waals surface area contributed by atoms with Crippen LogP contribution in [0.1, 0.15) is 18.5 Å². The van der Waals surface area contributed by atoms with Crippen LogP contribution in [-0.2, 0) is 28.7 Å². The fraction of sp³-hybridized carbons (Fsp3) is 0.556. The number of rotatable bonds is 8. The minimum absolute atomic E-state index is 0. The molecule has 0 heterocycles. The van der Waals surface area contributed by atoms with Crippen molar-refractivity contribution in [2.24, 2.45) is 5.73 Å². The summed E-state index contributed by atoms with van der Waals surface area (Å²) in [4.78, 5) is 42.2. The molecule has 110 valence electrons. The van der Waals surface area contributed by atoms with Gasteiger partial charge in [0.15, 0.2) is 13.2 Å². The van der Waals surface area contributed by atoms with Crippen molar-refractivity contribution in [2.75, 3.05) is 13.2 Å². The third-order valence-electron chi connectivity index (χ3n) is 1.66. The summed E-state index contributed by atoms with van der Waals surface area (Å²) in [5.41, 5.74) is 5.32. The van der Waals surface area contributed by atoms with Crippen LogP contribution in [0, 0.1) is 0 Å².